The van der Waals surface area contributed by atoms with Crippen LogP contribution in [0.15, 0.2) is 36.4 Å². The Hall–Kier alpha value is -2.97. The molecule has 4 rings (SSSR count). The van der Waals surface area contributed by atoms with Crippen LogP contribution in [-0.4, -0.2) is 41.5 Å². The SMILES string of the molecule is O=C1COc2cc(N3CCC(O)(C(=O)CCc4cc(F)cc(Cl)c4)C3=O)ccc2N1. The van der Waals surface area contributed by atoms with Gasteiger partial charge in [0.2, 0.25) is 5.60 Å². The number of hydrogen-bond acceptors (Lipinski definition) is 5. The summed E-state index contributed by atoms with van der Waals surface area (Å²) in [6, 6.07) is 8.75. The Morgan fingerprint density at radius 2 is 2.07 bits per heavy atom. The molecule has 9 heteroatoms. The van der Waals surface area contributed by atoms with Crippen molar-refractivity contribution in [1.82, 2.24) is 0 Å². The van der Waals surface area contributed by atoms with Crippen LogP contribution in [0.5, 0.6) is 5.75 Å². The van der Waals surface area contributed by atoms with Gasteiger partial charge in [0.1, 0.15) is 11.6 Å². The lowest BCUT2D eigenvalue weighted by molar-refractivity contribution is -0.147. The number of fused-ring (bicyclic) bond motifs is 1. The van der Waals surface area contributed by atoms with Gasteiger partial charge in [-0.05, 0) is 42.3 Å². The zero-order valence-electron chi connectivity index (χ0n) is 15.8. The van der Waals surface area contributed by atoms with Crippen molar-refractivity contribution < 1.29 is 28.6 Å². The molecule has 0 radical (unpaired) electrons. The maximum Gasteiger partial charge on any atom is 0.266 e. The monoisotopic (exact) mass is 432 g/mol. The van der Waals surface area contributed by atoms with Gasteiger partial charge in [-0.3, -0.25) is 14.4 Å². The first-order valence-electron chi connectivity index (χ1n) is 9.35. The molecule has 2 aromatic rings. The standard InChI is InChI=1S/C21H18ClFN2O5/c22-13-7-12(8-14(23)9-13)1-4-18(26)21(29)5-6-25(20(21)28)15-2-3-16-17(10-15)30-11-19(27)24-16/h2-3,7-10,29H,1,4-6,11H2,(H,24,27). The van der Waals surface area contributed by atoms with E-state index in [1.165, 1.54) is 17.0 Å². The van der Waals surface area contributed by atoms with Crippen LogP contribution in [0.4, 0.5) is 15.8 Å². The maximum atomic E-state index is 13.5. The summed E-state index contributed by atoms with van der Waals surface area (Å²) in [5.74, 6) is -1.73. The van der Waals surface area contributed by atoms with E-state index in [1.807, 2.05) is 0 Å². The molecule has 7 nitrogen and oxygen atoms in total. The van der Waals surface area contributed by atoms with E-state index in [1.54, 1.807) is 18.2 Å². The first-order valence-corrected chi connectivity index (χ1v) is 9.73. The van der Waals surface area contributed by atoms with E-state index in [0.717, 1.165) is 6.07 Å². The first kappa shape index (κ1) is 20.3. The number of hydrogen-bond donors (Lipinski definition) is 2. The lowest BCUT2D eigenvalue weighted by Gasteiger charge is -2.23. The van der Waals surface area contributed by atoms with E-state index in [2.05, 4.69) is 5.32 Å². The first-order chi connectivity index (χ1) is 14.3. The van der Waals surface area contributed by atoms with Crippen LogP contribution in [0.2, 0.25) is 5.02 Å². The van der Waals surface area contributed by atoms with E-state index in [-0.39, 0.29) is 43.3 Å². The summed E-state index contributed by atoms with van der Waals surface area (Å²) in [5, 5.41) is 13.7. The quantitative estimate of drug-likeness (QED) is 0.708. The van der Waals surface area contributed by atoms with Crippen LogP contribution in [0.25, 0.3) is 0 Å². The highest BCUT2D eigenvalue weighted by atomic mass is 35.5. The predicted molar refractivity (Wildman–Crippen MR) is 107 cm³/mol. The molecule has 0 aromatic heterocycles. The summed E-state index contributed by atoms with van der Waals surface area (Å²) in [6.07, 6.45) is -0.0310. The highest BCUT2D eigenvalue weighted by molar-refractivity contribution is 6.30. The lowest BCUT2D eigenvalue weighted by atomic mass is 9.92. The smallest absolute Gasteiger partial charge is 0.266 e. The van der Waals surface area contributed by atoms with Crippen molar-refractivity contribution in [3.8, 4) is 5.75 Å². The van der Waals surface area contributed by atoms with Crippen LogP contribution >= 0.6 is 11.6 Å². The summed E-state index contributed by atoms with van der Waals surface area (Å²) in [5.41, 5.74) is -0.687. The molecule has 1 unspecified atom stereocenters. The minimum atomic E-state index is -2.14. The number of halogens is 2. The van der Waals surface area contributed by atoms with Crippen molar-refractivity contribution in [3.63, 3.8) is 0 Å². The summed E-state index contributed by atoms with van der Waals surface area (Å²) in [4.78, 5) is 38.2. The third-order valence-electron chi connectivity index (χ3n) is 5.23. The molecule has 1 fully saturated rings. The fourth-order valence-electron chi connectivity index (χ4n) is 3.66. The van der Waals surface area contributed by atoms with Crippen molar-refractivity contribution >= 4 is 40.6 Å². The molecule has 1 atom stereocenters. The average molecular weight is 433 g/mol. The van der Waals surface area contributed by atoms with Gasteiger partial charge in [-0.2, -0.15) is 0 Å². The van der Waals surface area contributed by atoms with Gasteiger partial charge < -0.3 is 20.1 Å². The number of benzene rings is 2. The zero-order valence-corrected chi connectivity index (χ0v) is 16.5. The molecule has 0 saturated carbocycles. The van der Waals surface area contributed by atoms with Gasteiger partial charge in [0.05, 0.1) is 5.69 Å². The largest absolute Gasteiger partial charge is 0.482 e. The number of amides is 2. The number of nitrogens with one attached hydrogen (secondary N) is 1. The molecule has 1 saturated heterocycles. The van der Waals surface area contributed by atoms with Crippen molar-refractivity contribution in [3.05, 3.63) is 52.8 Å². The highest BCUT2D eigenvalue weighted by Crippen LogP contribution is 2.36. The average Bonchev–Trinajstić information content (AvgIpc) is 3.01. The minimum Gasteiger partial charge on any atom is -0.482 e. The summed E-state index contributed by atoms with van der Waals surface area (Å²) < 4.78 is 18.8. The van der Waals surface area contributed by atoms with Gasteiger partial charge in [0.25, 0.3) is 11.8 Å². The number of carbonyl (C=O) groups is 3. The molecule has 2 N–H and O–H groups in total. The van der Waals surface area contributed by atoms with E-state index < -0.39 is 23.1 Å². The number of Topliss-reactive ketones (excluding diaryl/α,β-unsaturated/α-hetero) is 1. The maximum absolute atomic E-state index is 13.5. The number of anilines is 2. The Balaban J connectivity index is 1.47. The van der Waals surface area contributed by atoms with Crippen LogP contribution in [0.1, 0.15) is 18.4 Å². The fourth-order valence-corrected chi connectivity index (χ4v) is 3.91. The molecule has 2 amide bonds. The van der Waals surface area contributed by atoms with Crippen LogP contribution in [0, 0.1) is 5.82 Å². The summed E-state index contributed by atoms with van der Waals surface area (Å²) in [7, 11) is 0. The lowest BCUT2D eigenvalue weighted by Crippen LogP contribution is -2.47. The Bertz CT molecular complexity index is 1040. The Labute approximate surface area is 176 Å². The van der Waals surface area contributed by atoms with Gasteiger partial charge in [0, 0.05) is 36.2 Å². The van der Waals surface area contributed by atoms with Gasteiger partial charge in [-0.1, -0.05) is 11.6 Å². The van der Waals surface area contributed by atoms with Crippen LogP contribution < -0.4 is 15.0 Å². The molecule has 2 heterocycles. The van der Waals surface area contributed by atoms with E-state index in [4.69, 9.17) is 16.3 Å². The van der Waals surface area contributed by atoms with E-state index in [0.29, 0.717) is 22.7 Å². The summed E-state index contributed by atoms with van der Waals surface area (Å²) in [6.45, 7) is 0.0228. The number of rotatable bonds is 5. The van der Waals surface area contributed by atoms with Gasteiger partial charge in [-0.25, -0.2) is 4.39 Å². The molecular formula is C21H18ClFN2O5. The third kappa shape index (κ3) is 3.76. The molecule has 2 aromatic carbocycles. The number of carbonyl (C=O) groups excluding carboxylic acids is 3. The van der Waals surface area contributed by atoms with Crippen LogP contribution in [0.3, 0.4) is 0 Å². The molecule has 0 bridgehead atoms. The van der Waals surface area contributed by atoms with Gasteiger partial charge >= 0.3 is 0 Å². The molecule has 0 spiro atoms. The Morgan fingerprint density at radius 1 is 1.27 bits per heavy atom. The number of ether oxygens (including phenoxy) is 1. The van der Waals surface area contributed by atoms with E-state index >= 15 is 0 Å². The topological polar surface area (TPSA) is 95.9 Å². The van der Waals surface area contributed by atoms with Crippen molar-refractivity contribution in [2.45, 2.75) is 24.9 Å². The summed E-state index contributed by atoms with van der Waals surface area (Å²) >= 11 is 5.82. The number of ketones is 1. The van der Waals surface area contributed by atoms with Gasteiger partial charge in [-0.15, -0.1) is 0 Å². The molecule has 2 aliphatic rings. The fraction of sp³-hybridized carbons (Fsp3) is 0.286. The molecule has 2 aliphatic heterocycles. The second kappa shape index (κ2) is 7.70. The van der Waals surface area contributed by atoms with Crippen LogP contribution in [-0.2, 0) is 20.8 Å². The molecule has 0 aliphatic carbocycles. The molecular weight excluding hydrogens is 415 g/mol. The Kier molecular flexibility index (Phi) is 5.21. The van der Waals surface area contributed by atoms with Gasteiger partial charge in [0.15, 0.2) is 12.4 Å². The van der Waals surface area contributed by atoms with Crippen molar-refractivity contribution in [2.24, 2.45) is 0 Å². The molecule has 156 valence electrons. The van der Waals surface area contributed by atoms with Crippen molar-refractivity contribution in [1.29, 1.82) is 0 Å². The minimum absolute atomic E-state index is 0.0523. The van der Waals surface area contributed by atoms with Crippen molar-refractivity contribution in [2.75, 3.05) is 23.4 Å². The number of aliphatic hydroxyl groups is 1. The normalized spacial score (nSPS) is 20.6. The number of nitrogens with zero attached hydrogens (tertiary/aromatic N) is 1. The molecule has 30 heavy (non-hydrogen) atoms. The van der Waals surface area contributed by atoms with E-state index in [9.17, 15) is 23.9 Å². The highest BCUT2D eigenvalue weighted by Gasteiger charge is 2.50. The number of aryl methyl sites for hydroxylation is 1. The second-order valence-corrected chi connectivity index (χ2v) is 7.72. The Morgan fingerprint density at radius 3 is 2.83 bits per heavy atom. The zero-order chi connectivity index (χ0) is 21.5. The predicted octanol–water partition coefficient (Wildman–Crippen LogP) is 2.48. The second-order valence-electron chi connectivity index (χ2n) is 7.29. The third-order valence-corrected chi connectivity index (χ3v) is 5.45.